The van der Waals surface area contributed by atoms with Crippen LogP contribution in [0.3, 0.4) is 0 Å². The number of anilines is 1. The van der Waals surface area contributed by atoms with Crippen LogP contribution in [0.25, 0.3) is 10.8 Å². The summed E-state index contributed by atoms with van der Waals surface area (Å²) in [7, 11) is 0. The van der Waals surface area contributed by atoms with Crippen LogP contribution in [0, 0.1) is 0 Å². The molecule has 0 atom stereocenters. The van der Waals surface area contributed by atoms with Crippen LogP contribution < -0.4 is 4.90 Å². The average molecular weight is 546 g/mol. The first-order valence-corrected chi connectivity index (χ1v) is 14.0. The molecule has 40 heavy (non-hydrogen) atoms. The molecule has 1 aliphatic rings. The van der Waals surface area contributed by atoms with Crippen molar-refractivity contribution >= 4 is 60.5 Å². The van der Waals surface area contributed by atoms with Gasteiger partial charge in [0.05, 0.1) is 33.4 Å². The van der Waals surface area contributed by atoms with E-state index in [9.17, 15) is 5.11 Å². The van der Waals surface area contributed by atoms with E-state index in [2.05, 4.69) is 41.7 Å². The Balaban J connectivity index is 1.17. The molecule has 0 amide bonds. The van der Waals surface area contributed by atoms with E-state index in [1.165, 1.54) is 24.3 Å². The maximum absolute atomic E-state index is 9.38. The van der Waals surface area contributed by atoms with Crippen molar-refractivity contribution in [3.63, 3.8) is 0 Å². The Morgan fingerprint density at radius 1 is 0.525 bits per heavy atom. The Morgan fingerprint density at radius 2 is 1.05 bits per heavy atom. The second-order valence-electron chi connectivity index (χ2n) is 9.44. The van der Waals surface area contributed by atoms with Crippen molar-refractivity contribution in [3.05, 3.63) is 97.1 Å². The van der Waals surface area contributed by atoms with Gasteiger partial charge in [0.2, 0.25) is 0 Å². The third-order valence-electron chi connectivity index (χ3n) is 6.63. The number of rotatable bonds is 7. The van der Waals surface area contributed by atoms with Crippen LogP contribution in [0.2, 0.25) is 0 Å². The average Bonchev–Trinajstić information content (AvgIpc) is 3.49. The first-order valence-electron chi connectivity index (χ1n) is 13.2. The van der Waals surface area contributed by atoms with E-state index >= 15 is 0 Å². The van der Waals surface area contributed by atoms with Gasteiger partial charge < -0.3 is 10.0 Å². The van der Waals surface area contributed by atoms with Crippen LogP contribution in [0.1, 0.15) is 19.3 Å². The highest BCUT2D eigenvalue weighted by Crippen LogP contribution is 2.38. The lowest BCUT2D eigenvalue weighted by molar-refractivity contribution is 0.475. The SMILES string of the molecule is Oc1ccc(N=Nc2ccc(N=Nc3ccc(N=Nc4ccc(N5CCCCC5)s4)c4ccccc34)cc2)cc1. The van der Waals surface area contributed by atoms with Gasteiger partial charge >= 0.3 is 0 Å². The number of benzene rings is 4. The normalized spacial score (nSPS) is 14.2. The van der Waals surface area contributed by atoms with E-state index < -0.39 is 0 Å². The molecule has 0 radical (unpaired) electrons. The van der Waals surface area contributed by atoms with Crippen molar-refractivity contribution < 1.29 is 5.11 Å². The summed E-state index contributed by atoms with van der Waals surface area (Å²) in [5.41, 5.74) is 3.62. The quantitative estimate of drug-likeness (QED) is 0.206. The van der Waals surface area contributed by atoms with Crippen molar-refractivity contribution in [2.24, 2.45) is 30.7 Å². The van der Waals surface area contributed by atoms with Gasteiger partial charge in [0.25, 0.3) is 0 Å². The summed E-state index contributed by atoms with van der Waals surface area (Å²) in [6.45, 7) is 2.24. The molecule has 4 aromatic carbocycles. The van der Waals surface area contributed by atoms with Crippen LogP contribution in [0.5, 0.6) is 5.75 Å². The molecule has 1 saturated heterocycles. The zero-order chi connectivity index (χ0) is 27.1. The minimum Gasteiger partial charge on any atom is -0.508 e. The number of azo groups is 3. The molecule has 5 aromatic rings. The fourth-order valence-corrected chi connectivity index (χ4v) is 5.41. The lowest BCUT2D eigenvalue weighted by Gasteiger charge is -2.26. The van der Waals surface area contributed by atoms with E-state index in [-0.39, 0.29) is 5.75 Å². The maximum Gasteiger partial charge on any atom is 0.140 e. The van der Waals surface area contributed by atoms with E-state index in [0.29, 0.717) is 17.1 Å². The molecule has 1 aliphatic heterocycles. The van der Waals surface area contributed by atoms with E-state index in [1.54, 1.807) is 35.6 Å². The monoisotopic (exact) mass is 545 g/mol. The van der Waals surface area contributed by atoms with Crippen LogP contribution in [0.15, 0.2) is 128 Å². The van der Waals surface area contributed by atoms with Gasteiger partial charge in [-0.15, -0.1) is 15.3 Å². The number of nitrogens with zero attached hydrogens (tertiary/aromatic N) is 7. The Labute approximate surface area is 236 Å². The molecule has 1 aromatic heterocycles. The van der Waals surface area contributed by atoms with Crippen LogP contribution in [0.4, 0.5) is 38.4 Å². The minimum absolute atomic E-state index is 0.195. The Kier molecular flexibility index (Phi) is 7.63. The Bertz CT molecular complexity index is 1690. The molecule has 1 fully saturated rings. The topological polar surface area (TPSA) is 97.6 Å². The third kappa shape index (κ3) is 6.10. The van der Waals surface area contributed by atoms with E-state index in [0.717, 1.165) is 40.2 Å². The standard InChI is InChI=1S/C31H27N7OS/c39-25-14-12-24(13-15-25)33-32-22-8-10-23(11-9-22)34-35-28-16-17-29(27-7-3-2-6-26(27)28)36-37-30-18-19-31(40-30)38-20-4-1-5-21-38/h2-3,6-19,39H,1,4-5,20-21H2. The molecular weight excluding hydrogens is 518 g/mol. The second kappa shape index (κ2) is 12.0. The number of aromatic hydroxyl groups is 1. The summed E-state index contributed by atoms with van der Waals surface area (Å²) < 4.78 is 0. The van der Waals surface area contributed by atoms with E-state index in [4.69, 9.17) is 0 Å². The van der Waals surface area contributed by atoms with Gasteiger partial charge in [0.15, 0.2) is 0 Å². The summed E-state index contributed by atoms with van der Waals surface area (Å²) in [6.07, 6.45) is 3.83. The summed E-state index contributed by atoms with van der Waals surface area (Å²) in [5.74, 6) is 0.195. The van der Waals surface area contributed by atoms with Gasteiger partial charge in [-0.2, -0.15) is 15.3 Å². The van der Waals surface area contributed by atoms with Crippen LogP contribution >= 0.6 is 11.3 Å². The summed E-state index contributed by atoms with van der Waals surface area (Å²) in [6, 6.07) is 30.0. The number of fused-ring (bicyclic) bond motifs is 1. The first kappa shape index (κ1) is 25.5. The fraction of sp³-hybridized carbons (Fsp3) is 0.161. The molecule has 9 heteroatoms. The van der Waals surface area contributed by atoms with Gasteiger partial charge in [0, 0.05) is 23.9 Å². The summed E-state index contributed by atoms with van der Waals surface area (Å²) in [5, 5.41) is 40.0. The summed E-state index contributed by atoms with van der Waals surface area (Å²) in [4.78, 5) is 2.44. The number of phenolic OH excluding ortho intramolecular Hbond substituents is 1. The van der Waals surface area contributed by atoms with Crippen molar-refractivity contribution in [1.82, 2.24) is 0 Å². The highest BCUT2D eigenvalue weighted by atomic mass is 32.1. The van der Waals surface area contributed by atoms with Crippen LogP contribution in [-0.4, -0.2) is 18.2 Å². The third-order valence-corrected chi connectivity index (χ3v) is 7.66. The molecule has 0 saturated carbocycles. The Morgan fingerprint density at radius 3 is 1.65 bits per heavy atom. The van der Waals surface area contributed by atoms with Crippen molar-refractivity contribution in [2.45, 2.75) is 19.3 Å². The van der Waals surface area contributed by atoms with Gasteiger partial charge in [-0.3, -0.25) is 0 Å². The number of hydrogen-bond acceptors (Lipinski definition) is 9. The zero-order valence-electron chi connectivity index (χ0n) is 21.8. The molecule has 2 heterocycles. The molecule has 8 nitrogen and oxygen atoms in total. The van der Waals surface area contributed by atoms with E-state index in [1.807, 2.05) is 66.7 Å². The molecular formula is C31H27N7OS. The smallest absolute Gasteiger partial charge is 0.140 e. The zero-order valence-corrected chi connectivity index (χ0v) is 22.6. The predicted octanol–water partition coefficient (Wildman–Crippen LogP) is 10.8. The molecule has 6 rings (SSSR count). The molecule has 0 spiro atoms. The predicted molar refractivity (Wildman–Crippen MR) is 161 cm³/mol. The molecule has 198 valence electrons. The fourth-order valence-electron chi connectivity index (χ4n) is 4.53. The second-order valence-corrected chi connectivity index (χ2v) is 10.5. The molecule has 1 N–H and O–H groups in total. The van der Waals surface area contributed by atoms with Crippen LogP contribution in [-0.2, 0) is 0 Å². The molecule has 0 unspecified atom stereocenters. The van der Waals surface area contributed by atoms with Gasteiger partial charge in [-0.25, -0.2) is 0 Å². The minimum atomic E-state index is 0.195. The number of piperidine rings is 1. The lowest BCUT2D eigenvalue weighted by atomic mass is 10.1. The first-order chi connectivity index (χ1) is 19.7. The highest BCUT2D eigenvalue weighted by molar-refractivity contribution is 7.19. The molecule has 0 aliphatic carbocycles. The largest absolute Gasteiger partial charge is 0.508 e. The molecule has 0 bridgehead atoms. The van der Waals surface area contributed by atoms with Crippen molar-refractivity contribution in [1.29, 1.82) is 0 Å². The Hall–Kier alpha value is -4.76. The van der Waals surface area contributed by atoms with Crippen molar-refractivity contribution in [2.75, 3.05) is 18.0 Å². The van der Waals surface area contributed by atoms with Gasteiger partial charge in [-0.05, 0) is 92.1 Å². The van der Waals surface area contributed by atoms with Gasteiger partial charge in [-0.1, -0.05) is 35.6 Å². The van der Waals surface area contributed by atoms with Crippen molar-refractivity contribution in [3.8, 4) is 5.75 Å². The number of hydrogen-bond donors (Lipinski definition) is 1. The number of phenols is 1. The number of thiophene rings is 1. The highest BCUT2D eigenvalue weighted by Gasteiger charge is 2.13. The lowest BCUT2D eigenvalue weighted by Crippen LogP contribution is -2.28. The van der Waals surface area contributed by atoms with Gasteiger partial charge in [0.1, 0.15) is 10.8 Å². The summed E-state index contributed by atoms with van der Waals surface area (Å²) >= 11 is 1.69. The maximum atomic E-state index is 9.38.